The third-order valence-corrected chi connectivity index (χ3v) is 4.71. The van der Waals surface area contributed by atoms with Crippen LogP contribution in [0.5, 0.6) is 0 Å². The van der Waals surface area contributed by atoms with E-state index in [9.17, 15) is 14.4 Å². The Kier molecular flexibility index (Phi) is 7.59. The normalized spacial score (nSPS) is 10.4. The predicted molar refractivity (Wildman–Crippen MR) is 117 cm³/mol. The number of anilines is 1. The van der Waals surface area contributed by atoms with E-state index in [4.69, 9.17) is 9.47 Å². The maximum atomic E-state index is 12.9. The molecule has 7 nitrogen and oxygen atoms in total. The number of hydrogen-bond donors (Lipinski definition) is 1. The van der Waals surface area contributed by atoms with Crippen molar-refractivity contribution in [3.05, 3.63) is 100.0 Å². The number of aromatic nitrogens is 1. The van der Waals surface area contributed by atoms with E-state index in [-0.39, 0.29) is 18.8 Å². The van der Waals surface area contributed by atoms with Crippen molar-refractivity contribution in [2.24, 2.45) is 0 Å². The van der Waals surface area contributed by atoms with E-state index in [1.54, 1.807) is 6.07 Å². The third kappa shape index (κ3) is 6.30. The van der Waals surface area contributed by atoms with Crippen LogP contribution in [0.25, 0.3) is 0 Å². The number of esters is 1. The van der Waals surface area contributed by atoms with Gasteiger partial charge in [0.1, 0.15) is 12.2 Å². The number of rotatable bonds is 8. The van der Waals surface area contributed by atoms with Crippen molar-refractivity contribution in [3.63, 3.8) is 0 Å². The van der Waals surface area contributed by atoms with Crippen molar-refractivity contribution >= 4 is 17.7 Å². The number of pyridine rings is 1. The summed E-state index contributed by atoms with van der Waals surface area (Å²) in [5.41, 5.74) is 2.19. The Bertz CT molecular complexity index is 1080. The van der Waals surface area contributed by atoms with Crippen LogP contribution in [-0.4, -0.2) is 30.3 Å². The molecule has 0 fully saturated rings. The number of nitrogens with one attached hydrogen (secondary N) is 1. The largest absolute Gasteiger partial charge is 0.468 e. The van der Waals surface area contributed by atoms with E-state index in [1.165, 1.54) is 17.7 Å². The van der Waals surface area contributed by atoms with Gasteiger partial charge in [-0.15, -0.1) is 0 Å². The molecule has 1 amide bonds. The summed E-state index contributed by atoms with van der Waals surface area (Å²) < 4.78 is 11.2. The molecule has 0 saturated carbocycles. The highest BCUT2D eigenvalue weighted by Crippen LogP contribution is 2.11. The second-order valence-corrected chi connectivity index (χ2v) is 6.86. The van der Waals surface area contributed by atoms with Gasteiger partial charge in [0.05, 0.1) is 13.7 Å². The summed E-state index contributed by atoms with van der Waals surface area (Å²) in [5, 5.41) is 2.47. The first-order valence-corrected chi connectivity index (χ1v) is 9.88. The third-order valence-electron chi connectivity index (χ3n) is 4.71. The first kappa shape index (κ1) is 21.8. The number of methoxy groups -OCH3 is 1. The molecule has 0 unspecified atom stereocenters. The van der Waals surface area contributed by atoms with Crippen molar-refractivity contribution in [2.45, 2.75) is 19.4 Å². The smallest absolute Gasteiger partial charge is 0.411 e. The standard InChI is InChI=1S/C24H24N2O5/c1-30-22(27)17-26-20(16-19-10-6-3-7-11-19)12-13-21(23(26)28)25-24(29)31-15-14-18-8-4-2-5-9-18/h2-13H,14-17H2,1H3,(H,25,29). The maximum Gasteiger partial charge on any atom is 0.411 e. The van der Waals surface area contributed by atoms with Gasteiger partial charge in [-0.3, -0.25) is 19.5 Å². The minimum Gasteiger partial charge on any atom is -0.468 e. The van der Waals surface area contributed by atoms with Gasteiger partial charge in [0.2, 0.25) is 0 Å². The topological polar surface area (TPSA) is 86.6 Å². The molecule has 0 saturated heterocycles. The van der Waals surface area contributed by atoms with Crippen molar-refractivity contribution in [1.29, 1.82) is 0 Å². The molecule has 3 rings (SSSR count). The van der Waals surface area contributed by atoms with Crippen LogP contribution < -0.4 is 10.9 Å². The summed E-state index contributed by atoms with van der Waals surface area (Å²) in [5.74, 6) is -0.556. The van der Waals surface area contributed by atoms with Crippen molar-refractivity contribution < 1.29 is 19.1 Å². The maximum absolute atomic E-state index is 12.9. The Hall–Kier alpha value is -3.87. The summed E-state index contributed by atoms with van der Waals surface area (Å²) in [4.78, 5) is 36.9. The molecule has 0 atom stereocenters. The Morgan fingerprint density at radius 2 is 1.55 bits per heavy atom. The number of carbonyl (C=O) groups is 2. The average Bonchev–Trinajstić information content (AvgIpc) is 2.79. The van der Waals surface area contributed by atoms with Crippen molar-refractivity contribution in [1.82, 2.24) is 4.57 Å². The lowest BCUT2D eigenvalue weighted by atomic mass is 10.1. The van der Waals surface area contributed by atoms with Gasteiger partial charge in [0.25, 0.3) is 5.56 Å². The molecule has 3 aromatic rings. The van der Waals surface area contributed by atoms with Crippen LogP contribution in [-0.2, 0) is 33.7 Å². The Morgan fingerprint density at radius 3 is 2.19 bits per heavy atom. The molecule has 0 aliphatic heterocycles. The van der Waals surface area contributed by atoms with Gasteiger partial charge in [-0.25, -0.2) is 4.79 Å². The Morgan fingerprint density at radius 1 is 0.903 bits per heavy atom. The van der Waals surface area contributed by atoms with E-state index in [0.29, 0.717) is 18.5 Å². The van der Waals surface area contributed by atoms with Crippen LogP contribution in [0.2, 0.25) is 0 Å². The van der Waals surface area contributed by atoms with E-state index in [0.717, 1.165) is 11.1 Å². The van der Waals surface area contributed by atoms with Gasteiger partial charge in [-0.2, -0.15) is 0 Å². The SMILES string of the molecule is COC(=O)Cn1c(Cc2ccccc2)ccc(NC(=O)OCCc2ccccc2)c1=O. The van der Waals surface area contributed by atoms with Crippen LogP contribution in [0.4, 0.5) is 10.5 Å². The quantitative estimate of drug-likeness (QED) is 0.565. The Labute approximate surface area is 180 Å². The summed E-state index contributed by atoms with van der Waals surface area (Å²) in [6.45, 7) is -0.0750. The highest BCUT2D eigenvalue weighted by atomic mass is 16.5. The molecule has 0 bridgehead atoms. The average molecular weight is 420 g/mol. The minimum atomic E-state index is -0.728. The number of ether oxygens (including phenoxy) is 2. The van der Waals surface area contributed by atoms with Crippen LogP contribution in [0.3, 0.4) is 0 Å². The number of hydrogen-bond acceptors (Lipinski definition) is 5. The van der Waals surface area contributed by atoms with Crippen LogP contribution in [0.1, 0.15) is 16.8 Å². The summed E-state index contributed by atoms with van der Waals surface area (Å²) >= 11 is 0. The molecule has 160 valence electrons. The highest BCUT2D eigenvalue weighted by molar-refractivity contribution is 5.84. The zero-order valence-electron chi connectivity index (χ0n) is 17.2. The first-order chi connectivity index (χ1) is 15.1. The zero-order valence-corrected chi connectivity index (χ0v) is 17.2. The molecule has 31 heavy (non-hydrogen) atoms. The molecule has 1 aromatic heterocycles. The van der Waals surface area contributed by atoms with E-state index in [1.807, 2.05) is 60.7 Å². The summed E-state index contributed by atoms with van der Waals surface area (Å²) in [7, 11) is 1.26. The van der Waals surface area contributed by atoms with E-state index in [2.05, 4.69) is 5.32 Å². The predicted octanol–water partition coefficient (Wildman–Crippen LogP) is 3.40. The molecule has 1 N–H and O–H groups in total. The fourth-order valence-corrected chi connectivity index (χ4v) is 3.09. The second kappa shape index (κ2) is 10.8. The van der Waals surface area contributed by atoms with E-state index >= 15 is 0 Å². The molecule has 0 spiro atoms. The van der Waals surface area contributed by atoms with Crippen LogP contribution in [0.15, 0.2) is 77.6 Å². The van der Waals surface area contributed by atoms with Gasteiger partial charge in [0, 0.05) is 18.5 Å². The molecule has 0 aliphatic rings. The van der Waals surface area contributed by atoms with Gasteiger partial charge >= 0.3 is 12.1 Å². The number of benzene rings is 2. The monoisotopic (exact) mass is 420 g/mol. The first-order valence-electron chi connectivity index (χ1n) is 9.88. The van der Waals surface area contributed by atoms with Crippen LogP contribution in [0, 0.1) is 0 Å². The Balaban J connectivity index is 1.72. The molecular weight excluding hydrogens is 396 g/mol. The fourth-order valence-electron chi connectivity index (χ4n) is 3.09. The zero-order chi connectivity index (χ0) is 22.1. The number of nitrogens with zero attached hydrogens (tertiary/aromatic N) is 1. The molecule has 0 radical (unpaired) electrons. The lowest BCUT2D eigenvalue weighted by molar-refractivity contribution is -0.141. The number of amides is 1. The van der Waals surface area contributed by atoms with Crippen molar-refractivity contribution in [3.8, 4) is 0 Å². The molecule has 0 aliphatic carbocycles. The second-order valence-electron chi connectivity index (χ2n) is 6.86. The van der Waals surface area contributed by atoms with Gasteiger partial charge in [-0.05, 0) is 23.3 Å². The molecule has 7 heteroatoms. The van der Waals surface area contributed by atoms with Crippen molar-refractivity contribution in [2.75, 3.05) is 19.0 Å². The lowest BCUT2D eigenvalue weighted by Crippen LogP contribution is -2.31. The summed E-state index contributed by atoms with van der Waals surface area (Å²) in [6.07, 6.45) is 0.291. The minimum absolute atomic E-state index is 0.0328. The lowest BCUT2D eigenvalue weighted by Gasteiger charge is -2.14. The van der Waals surface area contributed by atoms with Crippen LogP contribution >= 0.6 is 0 Å². The summed E-state index contributed by atoms with van der Waals surface area (Å²) in [6, 6.07) is 22.4. The van der Waals surface area contributed by atoms with Gasteiger partial charge < -0.3 is 9.47 Å². The molecular formula is C24H24N2O5. The number of carbonyl (C=O) groups excluding carboxylic acids is 2. The molecule has 1 heterocycles. The van der Waals surface area contributed by atoms with E-state index < -0.39 is 17.6 Å². The van der Waals surface area contributed by atoms with Gasteiger partial charge in [-0.1, -0.05) is 60.7 Å². The van der Waals surface area contributed by atoms with Gasteiger partial charge in [0.15, 0.2) is 0 Å². The highest BCUT2D eigenvalue weighted by Gasteiger charge is 2.15. The fraction of sp³-hybridized carbons (Fsp3) is 0.208. The molecule has 2 aromatic carbocycles.